The monoisotopic (exact) mass is 214 g/mol. The first-order chi connectivity index (χ1) is 7.15. The number of nitrogens with two attached hydrogens (primary N) is 1. The molecule has 88 valence electrons. The van der Waals surface area contributed by atoms with Crippen LogP contribution in [0.15, 0.2) is 0 Å². The van der Waals surface area contributed by atoms with Crippen LogP contribution in [0.5, 0.6) is 0 Å². The van der Waals surface area contributed by atoms with Gasteiger partial charge in [0.05, 0.1) is 12.6 Å². The molecule has 1 saturated heterocycles. The van der Waals surface area contributed by atoms with Gasteiger partial charge in [-0.25, -0.2) is 0 Å². The van der Waals surface area contributed by atoms with E-state index in [4.69, 9.17) is 10.5 Å². The molecular formula is C11H22N2O2. The van der Waals surface area contributed by atoms with Crippen molar-refractivity contribution in [1.29, 1.82) is 0 Å². The number of carbonyl (C=O) groups is 1. The second kappa shape index (κ2) is 6.08. The number of carbonyl (C=O) groups excluding carboxylic acids is 1. The maximum Gasteiger partial charge on any atom is 0.237 e. The summed E-state index contributed by atoms with van der Waals surface area (Å²) < 4.78 is 5.24. The van der Waals surface area contributed by atoms with E-state index in [0.29, 0.717) is 12.5 Å². The standard InChI is InChI=1S/C11H22N2O2/c1-3-8(2)10(12)11(14)13-6-9-4-5-15-7-9/h8-10H,3-7,12H2,1-2H3,(H,13,14)/t8?,9?,10-/m0/s1. The molecule has 4 nitrogen and oxygen atoms in total. The Bertz CT molecular complexity index is 203. The van der Waals surface area contributed by atoms with Crippen LogP contribution in [0.25, 0.3) is 0 Å². The van der Waals surface area contributed by atoms with Crippen LogP contribution in [0.1, 0.15) is 26.7 Å². The van der Waals surface area contributed by atoms with Gasteiger partial charge in [-0.1, -0.05) is 20.3 Å². The second-order valence-corrected chi connectivity index (χ2v) is 4.39. The molecule has 1 fully saturated rings. The first kappa shape index (κ1) is 12.5. The molecule has 1 amide bonds. The fraction of sp³-hybridized carbons (Fsp3) is 0.909. The largest absolute Gasteiger partial charge is 0.381 e. The Labute approximate surface area is 91.5 Å². The van der Waals surface area contributed by atoms with Crippen molar-refractivity contribution in [2.45, 2.75) is 32.7 Å². The van der Waals surface area contributed by atoms with Gasteiger partial charge in [-0.3, -0.25) is 4.79 Å². The highest BCUT2D eigenvalue weighted by Gasteiger charge is 2.21. The molecule has 0 saturated carbocycles. The lowest BCUT2D eigenvalue weighted by Crippen LogP contribution is -2.46. The first-order valence-electron chi connectivity index (χ1n) is 5.76. The Morgan fingerprint density at radius 3 is 2.93 bits per heavy atom. The molecule has 0 aliphatic carbocycles. The molecule has 0 radical (unpaired) electrons. The minimum atomic E-state index is -0.377. The van der Waals surface area contributed by atoms with Crippen LogP contribution in [-0.2, 0) is 9.53 Å². The summed E-state index contributed by atoms with van der Waals surface area (Å²) in [5, 5.41) is 2.90. The third-order valence-electron chi connectivity index (χ3n) is 3.15. The molecule has 0 spiro atoms. The maximum atomic E-state index is 11.6. The van der Waals surface area contributed by atoms with Crippen LogP contribution in [0.2, 0.25) is 0 Å². The van der Waals surface area contributed by atoms with Crippen molar-refractivity contribution in [2.24, 2.45) is 17.6 Å². The zero-order valence-electron chi connectivity index (χ0n) is 9.66. The van der Waals surface area contributed by atoms with Crippen molar-refractivity contribution in [3.05, 3.63) is 0 Å². The van der Waals surface area contributed by atoms with Crippen molar-refractivity contribution in [3.63, 3.8) is 0 Å². The first-order valence-corrected chi connectivity index (χ1v) is 5.76. The summed E-state index contributed by atoms with van der Waals surface area (Å²) in [6.45, 7) is 6.32. The summed E-state index contributed by atoms with van der Waals surface area (Å²) in [5.41, 5.74) is 5.81. The van der Waals surface area contributed by atoms with Gasteiger partial charge in [-0.15, -0.1) is 0 Å². The predicted octanol–water partition coefficient (Wildman–Crippen LogP) is 0.513. The second-order valence-electron chi connectivity index (χ2n) is 4.39. The average molecular weight is 214 g/mol. The van der Waals surface area contributed by atoms with Crippen LogP contribution in [0.3, 0.4) is 0 Å². The Hall–Kier alpha value is -0.610. The summed E-state index contributed by atoms with van der Waals surface area (Å²) in [5.74, 6) is 0.680. The van der Waals surface area contributed by atoms with Gasteiger partial charge in [0.2, 0.25) is 5.91 Å². The van der Waals surface area contributed by atoms with Crippen molar-refractivity contribution in [2.75, 3.05) is 19.8 Å². The maximum absolute atomic E-state index is 11.6. The smallest absolute Gasteiger partial charge is 0.237 e. The quantitative estimate of drug-likeness (QED) is 0.701. The van der Waals surface area contributed by atoms with Crippen molar-refractivity contribution in [1.82, 2.24) is 5.32 Å². The molecule has 3 N–H and O–H groups in total. The Morgan fingerprint density at radius 2 is 2.40 bits per heavy atom. The van der Waals surface area contributed by atoms with Crippen LogP contribution in [0, 0.1) is 11.8 Å². The molecule has 3 atom stereocenters. The Morgan fingerprint density at radius 1 is 1.67 bits per heavy atom. The lowest BCUT2D eigenvalue weighted by Gasteiger charge is -2.18. The molecule has 0 aromatic carbocycles. The molecule has 1 aliphatic heterocycles. The fourth-order valence-corrected chi connectivity index (χ4v) is 1.62. The summed E-state index contributed by atoms with van der Waals surface area (Å²) in [7, 11) is 0. The minimum Gasteiger partial charge on any atom is -0.381 e. The van der Waals surface area contributed by atoms with Crippen LogP contribution in [0.4, 0.5) is 0 Å². The molecule has 4 heteroatoms. The summed E-state index contributed by atoms with van der Waals surface area (Å²) in [6, 6.07) is -0.377. The molecular weight excluding hydrogens is 192 g/mol. The van der Waals surface area contributed by atoms with E-state index in [0.717, 1.165) is 26.1 Å². The molecule has 2 unspecified atom stereocenters. The number of hydrogen-bond acceptors (Lipinski definition) is 3. The van der Waals surface area contributed by atoms with Gasteiger partial charge in [-0.05, 0) is 12.3 Å². The van der Waals surface area contributed by atoms with Gasteiger partial charge in [0.1, 0.15) is 0 Å². The Balaban J connectivity index is 2.22. The molecule has 0 aromatic rings. The highest BCUT2D eigenvalue weighted by molar-refractivity contribution is 5.81. The van der Waals surface area contributed by atoms with E-state index in [2.05, 4.69) is 5.32 Å². The van der Waals surface area contributed by atoms with E-state index in [1.165, 1.54) is 0 Å². The zero-order chi connectivity index (χ0) is 11.3. The summed E-state index contributed by atoms with van der Waals surface area (Å²) in [6.07, 6.45) is 1.97. The molecule has 0 bridgehead atoms. The zero-order valence-corrected chi connectivity index (χ0v) is 9.66. The van der Waals surface area contributed by atoms with Crippen LogP contribution >= 0.6 is 0 Å². The average Bonchev–Trinajstić information content (AvgIpc) is 2.76. The molecule has 15 heavy (non-hydrogen) atoms. The van der Waals surface area contributed by atoms with E-state index in [1.807, 2.05) is 13.8 Å². The Kier molecular flexibility index (Phi) is 5.05. The molecule has 1 aliphatic rings. The van der Waals surface area contributed by atoms with Gasteiger partial charge in [0, 0.05) is 19.1 Å². The van der Waals surface area contributed by atoms with Crippen molar-refractivity contribution < 1.29 is 9.53 Å². The predicted molar refractivity (Wildman–Crippen MR) is 59.4 cm³/mol. The number of nitrogens with one attached hydrogen (secondary N) is 1. The molecule has 1 rings (SSSR count). The number of amides is 1. The lowest BCUT2D eigenvalue weighted by molar-refractivity contribution is -0.123. The van der Waals surface area contributed by atoms with Gasteiger partial charge in [-0.2, -0.15) is 0 Å². The SMILES string of the molecule is CCC(C)[C@H](N)C(=O)NCC1CCOC1. The van der Waals surface area contributed by atoms with E-state index >= 15 is 0 Å². The van der Waals surface area contributed by atoms with Crippen LogP contribution in [-0.4, -0.2) is 31.7 Å². The van der Waals surface area contributed by atoms with E-state index in [-0.39, 0.29) is 17.9 Å². The normalized spacial score (nSPS) is 24.9. The highest BCUT2D eigenvalue weighted by Crippen LogP contribution is 2.11. The van der Waals surface area contributed by atoms with E-state index < -0.39 is 0 Å². The fourth-order valence-electron chi connectivity index (χ4n) is 1.62. The van der Waals surface area contributed by atoms with Crippen molar-refractivity contribution >= 4 is 5.91 Å². The van der Waals surface area contributed by atoms with Gasteiger partial charge >= 0.3 is 0 Å². The van der Waals surface area contributed by atoms with Gasteiger partial charge in [0.15, 0.2) is 0 Å². The lowest BCUT2D eigenvalue weighted by atomic mass is 9.99. The minimum absolute atomic E-state index is 0.0312. The highest BCUT2D eigenvalue weighted by atomic mass is 16.5. The number of rotatable bonds is 5. The van der Waals surface area contributed by atoms with Gasteiger partial charge < -0.3 is 15.8 Å². The summed E-state index contributed by atoms with van der Waals surface area (Å²) in [4.78, 5) is 11.6. The van der Waals surface area contributed by atoms with Gasteiger partial charge in [0.25, 0.3) is 0 Å². The third kappa shape index (κ3) is 3.80. The molecule has 1 heterocycles. The number of hydrogen-bond donors (Lipinski definition) is 2. The van der Waals surface area contributed by atoms with Crippen LogP contribution < -0.4 is 11.1 Å². The number of ether oxygens (including phenoxy) is 1. The topological polar surface area (TPSA) is 64.4 Å². The van der Waals surface area contributed by atoms with Crippen molar-refractivity contribution in [3.8, 4) is 0 Å². The van der Waals surface area contributed by atoms with E-state index in [1.54, 1.807) is 0 Å². The molecule has 0 aromatic heterocycles. The van der Waals surface area contributed by atoms with E-state index in [9.17, 15) is 4.79 Å². The third-order valence-corrected chi connectivity index (χ3v) is 3.15. The summed E-state index contributed by atoms with van der Waals surface area (Å²) >= 11 is 0.